The minimum atomic E-state index is -5.09. The van der Waals surface area contributed by atoms with Gasteiger partial charge in [-0.25, -0.2) is 9.13 Å². The third-order valence-electron chi connectivity index (χ3n) is 3.58. The molecule has 1 unspecified atom stereocenters. The Kier molecular flexibility index (Phi) is 10.1. The molecule has 1 aromatic rings. The van der Waals surface area contributed by atoms with Crippen molar-refractivity contribution in [1.82, 2.24) is 0 Å². The fourth-order valence-electron chi connectivity index (χ4n) is 2.18. The standard InChI is InChI=1S/C17H27NO8P2/c1-14(11-12-25-28(22,23)26-27(19,20)21)7-6-8-15(2)13-18-16-9-4-5-10-17(16)24-3/h4-5,8-11,18H,6-7,12-13H2,1-3H3,(H,22,23)(H2,19,20,21)/b14-11+,15-8+. The van der Waals surface area contributed by atoms with Gasteiger partial charge in [0.25, 0.3) is 0 Å². The quantitative estimate of drug-likeness (QED) is 0.284. The second-order valence-corrected chi connectivity index (χ2v) is 8.86. The van der Waals surface area contributed by atoms with Crippen LogP contribution in [0.4, 0.5) is 5.69 Å². The van der Waals surface area contributed by atoms with Crippen LogP contribution in [0.1, 0.15) is 26.7 Å². The molecule has 0 fully saturated rings. The number of phosphoric acid groups is 2. The van der Waals surface area contributed by atoms with Gasteiger partial charge in [-0.3, -0.25) is 4.52 Å². The Bertz CT molecular complexity index is 787. The molecule has 0 aromatic heterocycles. The van der Waals surface area contributed by atoms with E-state index < -0.39 is 15.6 Å². The molecule has 0 heterocycles. The normalized spacial score (nSPS) is 15.2. The van der Waals surface area contributed by atoms with Gasteiger partial charge in [-0.1, -0.05) is 35.4 Å². The summed E-state index contributed by atoms with van der Waals surface area (Å²) in [6.07, 6.45) is 5.10. The van der Waals surface area contributed by atoms with Crippen LogP contribution in [0.5, 0.6) is 5.75 Å². The van der Waals surface area contributed by atoms with Gasteiger partial charge in [0.15, 0.2) is 0 Å². The van der Waals surface area contributed by atoms with Gasteiger partial charge in [-0.05, 0) is 38.8 Å². The molecule has 0 aliphatic heterocycles. The first-order valence-corrected chi connectivity index (χ1v) is 11.5. The first-order valence-electron chi connectivity index (χ1n) is 8.45. The summed E-state index contributed by atoms with van der Waals surface area (Å²) in [7, 11) is -8.27. The Morgan fingerprint density at radius 1 is 1.11 bits per heavy atom. The number of allylic oxidation sites excluding steroid dienone is 2. The van der Waals surface area contributed by atoms with Crippen LogP contribution in [0, 0.1) is 0 Å². The number of hydrogen-bond acceptors (Lipinski definition) is 6. The van der Waals surface area contributed by atoms with E-state index >= 15 is 0 Å². The zero-order valence-corrected chi connectivity index (χ0v) is 17.9. The highest BCUT2D eigenvalue weighted by molar-refractivity contribution is 7.60. The van der Waals surface area contributed by atoms with Gasteiger partial charge in [-0.15, -0.1) is 0 Å². The van der Waals surface area contributed by atoms with Crippen molar-refractivity contribution in [3.05, 3.63) is 47.6 Å². The average molecular weight is 435 g/mol. The van der Waals surface area contributed by atoms with Crippen LogP contribution in [0.25, 0.3) is 0 Å². The monoisotopic (exact) mass is 435 g/mol. The number of methoxy groups -OCH3 is 1. The molecular formula is C17H27NO8P2. The van der Waals surface area contributed by atoms with Gasteiger partial charge in [0.2, 0.25) is 0 Å². The van der Waals surface area contributed by atoms with E-state index in [2.05, 4.69) is 20.2 Å². The second kappa shape index (κ2) is 11.5. The summed E-state index contributed by atoms with van der Waals surface area (Å²) in [6, 6.07) is 7.65. The maximum Gasteiger partial charge on any atom is 0.481 e. The number of phosphoric ester groups is 1. The molecule has 0 saturated carbocycles. The third-order valence-corrected chi connectivity index (χ3v) is 5.73. The number of ether oxygens (including phenoxy) is 1. The number of nitrogens with one attached hydrogen (secondary N) is 1. The topological polar surface area (TPSA) is 135 Å². The van der Waals surface area contributed by atoms with Crippen LogP contribution in [0.15, 0.2) is 47.6 Å². The van der Waals surface area contributed by atoms with Crippen molar-refractivity contribution in [2.75, 3.05) is 25.6 Å². The lowest BCUT2D eigenvalue weighted by Crippen LogP contribution is -2.04. The van der Waals surface area contributed by atoms with E-state index in [0.29, 0.717) is 13.0 Å². The van der Waals surface area contributed by atoms with Crippen molar-refractivity contribution in [2.24, 2.45) is 0 Å². The zero-order chi connectivity index (χ0) is 21.2. The maximum absolute atomic E-state index is 11.3. The molecule has 0 saturated heterocycles. The largest absolute Gasteiger partial charge is 0.495 e. The SMILES string of the molecule is COc1ccccc1NC/C(C)=C/CC/C(C)=C/COP(=O)(O)OP(=O)(O)O. The first-order chi connectivity index (χ1) is 13.0. The van der Waals surface area contributed by atoms with Crippen LogP contribution < -0.4 is 10.1 Å². The van der Waals surface area contributed by atoms with Crippen LogP contribution in [-0.4, -0.2) is 34.9 Å². The van der Waals surface area contributed by atoms with E-state index in [1.807, 2.05) is 38.1 Å². The summed E-state index contributed by atoms with van der Waals surface area (Å²) in [5.74, 6) is 0.776. The summed E-state index contributed by atoms with van der Waals surface area (Å²) in [5.41, 5.74) is 2.96. The summed E-state index contributed by atoms with van der Waals surface area (Å²) in [4.78, 5) is 26.2. The number of hydrogen-bond donors (Lipinski definition) is 4. The summed E-state index contributed by atoms with van der Waals surface area (Å²) in [5, 5.41) is 3.31. The van der Waals surface area contributed by atoms with E-state index in [-0.39, 0.29) is 6.61 Å². The Labute approximate surface area is 164 Å². The van der Waals surface area contributed by atoms with Crippen LogP contribution in [0.2, 0.25) is 0 Å². The number of para-hydroxylation sites is 2. The lowest BCUT2D eigenvalue weighted by Gasteiger charge is -2.11. The van der Waals surface area contributed by atoms with Gasteiger partial charge in [0.1, 0.15) is 5.75 Å². The molecule has 1 aromatic carbocycles. The van der Waals surface area contributed by atoms with Crippen molar-refractivity contribution in [2.45, 2.75) is 26.7 Å². The molecule has 1 atom stereocenters. The van der Waals surface area contributed by atoms with Gasteiger partial charge >= 0.3 is 15.6 Å². The first kappa shape index (κ1) is 24.6. The molecule has 0 radical (unpaired) electrons. The highest BCUT2D eigenvalue weighted by atomic mass is 31.3. The summed E-state index contributed by atoms with van der Waals surface area (Å²) in [6.45, 7) is 4.20. The van der Waals surface area contributed by atoms with E-state index in [9.17, 15) is 9.13 Å². The molecule has 0 aliphatic carbocycles. The Morgan fingerprint density at radius 3 is 2.43 bits per heavy atom. The van der Waals surface area contributed by atoms with E-state index in [1.165, 1.54) is 0 Å². The maximum atomic E-state index is 11.3. The van der Waals surface area contributed by atoms with Crippen molar-refractivity contribution >= 4 is 21.3 Å². The third kappa shape index (κ3) is 10.8. The zero-order valence-electron chi connectivity index (χ0n) is 16.1. The summed E-state index contributed by atoms with van der Waals surface area (Å²) < 4.78 is 35.4. The van der Waals surface area contributed by atoms with Gasteiger partial charge < -0.3 is 24.7 Å². The van der Waals surface area contributed by atoms with Crippen molar-refractivity contribution in [3.8, 4) is 5.75 Å². The molecule has 28 heavy (non-hydrogen) atoms. The molecule has 9 nitrogen and oxygen atoms in total. The second-order valence-electron chi connectivity index (χ2n) is 6.03. The minimum absolute atomic E-state index is 0.294. The number of rotatable bonds is 12. The van der Waals surface area contributed by atoms with Crippen molar-refractivity contribution in [3.63, 3.8) is 0 Å². The highest BCUT2D eigenvalue weighted by Gasteiger charge is 2.31. The summed E-state index contributed by atoms with van der Waals surface area (Å²) >= 11 is 0. The lowest BCUT2D eigenvalue weighted by molar-refractivity contribution is 0.191. The molecule has 1 rings (SSSR count). The minimum Gasteiger partial charge on any atom is -0.495 e. The fourth-order valence-corrected chi connectivity index (χ4v) is 3.70. The molecule has 11 heteroatoms. The molecule has 4 N–H and O–H groups in total. The smallest absolute Gasteiger partial charge is 0.481 e. The molecular weight excluding hydrogens is 408 g/mol. The average Bonchev–Trinajstić information content (AvgIpc) is 2.57. The predicted molar refractivity (Wildman–Crippen MR) is 107 cm³/mol. The van der Waals surface area contributed by atoms with Gasteiger partial charge in [-0.2, -0.15) is 4.31 Å². The van der Waals surface area contributed by atoms with E-state index in [1.54, 1.807) is 13.2 Å². The molecule has 158 valence electrons. The number of benzene rings is 1. The van der Waals surface area contributed by atoms with Crippen molar-refractivity contribution < 1.29 is 37.4 Å². The molecule has 0 bridgehead atoms. The van der Waals surface area contributed by atoms with E-state index in [0.717, 1.165) is 29.0 Å². The molecule has 0 aliphatic rings. The number of anilines is 1. The Hall–Kier alpha value is -1.44. The Morgan fingerprint density at radius 2 is 1.79 bits per heavy atom. The van der Waals surface area contributed by atoms with Gasteiger partial charge in [0, 0.05) is 6.54 Å². The van der Waals surface area contributed by atoms with Crippen molar-refractivity contribution in [1.29, 1.82) is 0 Å². The fraction of sp³-hybridized carbons (Fsp3) is 0.412. The Balaban J connectivity index is 2.39. The van der Waals surface area contributed by atoms with Crippen LogP contribution in [0.3, 0.4) is 0 Å². The van der Waals surface area contributed by atoms with Crippen LogP contribution >= 0.6 is 15.6 Å². The highest BCUT2D eigenvalue weighted by Crippen LogP contribution is 2.57. The van der Waals surface area contributed by atoms with Crippen LogP contribution in [-0.2, 0) is 18.0 Å². The molecule has 0 spiro atoms. The van der Waals surface area contributed by atoms with Gasteiger partial charge in [0.05, 0.1) is 19.4 Å². The van der Waals surface area contributed by atoms with E-state index in [4.69, 9.17) is 19.4 Å². The lowest BCUT2D eigenvalue weighted by atomic mass is 10.1. The molecule has 0 amide bonds. The predicted octanol–water partition coefficient (Wildman–Crippen LogP) is 4.01.